The third-order valence-electron chi connectivity index (χ3n) is 7.96. The third kappa shape index (κ3) is 6.87. The summed E-state index contributed by atoms with van der Waals surface area (Å²) in [4.78, 5) is 42.7. The normalized spacial score (nSPS) is 20.9. The van der Waals surface area contributed by atoms with Gasteiger partial charge in [-0.05, 0) is 71.9 Å². The minimum Gasteiger partial charge on any atom is -0.342 e. The number of hydrogen-bond acceptors (Lipinski definition) is 6. The monoisotopic (exact) mass is 562 g/mol. The van der Waals surface area contributed by atoms with Gasteiger partial charge in [-0.1, -0.05) is 24.3 Å². The second kappa shape index (κ2) is 12.4. The minimum absolute atomic E-state index is 0.0539. The Hall–Kier alpha value is -4.35. The summed E-state index contributed by atoms with van der Waals surface area (Å²) in [6.07, 6.45) is 3.10. The number of piperidine rings is 2. The minimum atomic E-state index is -0.556. The summed E-state index contributed by atoms with van der Waals surface area (Å²) in [6, 6.07) is 12.9. The maximum absolute atomic E-state index is 13.9. The number of urea groups is 1. The molecular formula is C29H35FN8O3. The molecule has 2 aliphatic heterocycles. The van der Waals surface area contributed by atoms with Crippen molar-refractivity contribution < 1.29 is 18.8 Å². The SMILES string of the molecule is CC(=O)N1CCC(NC(=O)Nc2cccc(-c3nnnn3C)c2)C(C(=O)N2CCC[C@H](Cc3ccc(F)cc3)C2)C1. The molecule has 3 heterocycles. The van der Waals surface area contributed by atoms with Gasteiger partial charge in [-0.3, -0.25) is 9.59 Å². The number of carbonyl (C=O) groups is 3. The van der Waals surface area contributed by atoms with Gasteiger partial charge in [-0.2, -0.15) is 0 Å². The smallest absolute Gasteiger partial charge is 0.319 e. The number of likely N-dealkylation sites (tertiary alicyclic amines) is 2. The van der Waals surface area contributed by atoms with E-state index in [1.54, 1.807) is 47.0 Å². The van der Waals surface area contributed by atoms with Gasteiger partial charge in [0.25, 0.3) is 0 Å². The predicted octanol–water partition coefficient (Wildman–Crippen LogP) is 2.86. The van der Waals surface area contributed by atoms with E-state index in [1.807, 2.05) is 11.0 Å². The van der Waals surface area contributed by atoms with Gasteiger partial charge in [0, 0.05) is 57.4 Å². The summed E-state index contributed by atoms with van der Waals surface area (Å²) in [5.74, 6) is -0.138. The van der Waals surface area contributed by atoms with E-state index in [0.717, 1.165) is 30.4 Å². The number of benzene rings is 2. The Labute approximate surface area is 238 Å². The van der Waals surface area contributed by atoms with Crippen LogP contribution in [0.25, 0.3) is 11.4 Å². The first-order chi connectivity index (χ1) is 19.8. The molecule has 3 atom stereocenters. The van der Waals surface area contributed by atoms with Crippen LogP contribution in [0.3, 0.4) is 0 Å². The Morgan fingerprint density at radius 1 is 1.02 bits per heavy atom. The van der Waals surface area contributed by atoms with Gasteiger partial charge < -0.3 is 20.4 Å². The third-order valence-corrected chi connectivity index (χ3v) is 7.96. The Kier molecular flexibility index (Phi) is 8.55. The highest BCUT2D eigenvalue weighted by molar-refractivity contribution is 5.91. The van der Waals surface area contributed by atoms with E-state index in [1.165, 1.54) is 19.1 Å². The van der Waals surface area contributed by atoms with Gasteiger partial charge in [-0.15, -0.1) is 5.10 Å². The van der Waals surface area contributed by atoms with Gasteiger partial charge in [0.15, 0.2) is 5.82 Å². The first-order valence-electron chi connectivity index (χ1n) is 14.0. The fourth-order valence-corrected chi connectivity index (χ4v) is 5.83. The molecule has 2 fully saturated rings. The molecule has 11 nitrogen and oxygen atoms in total. The number of rotatable bonds is 6. The highest BCUT2D eigenvalue weighted by atomic mass is 19.1. The molecule has 2 aliphatic rings. The number of nitrogens with one attached hydrogen (secondary N) is 2. The molecule has 0 aliphatic carbocycles. The lowest BCUT2D eigenvalue weighted by atomic mass is 9.87. The Morgan fingerprint density at radius 2 is 1.83 bits per heavy atom. The van der Waals surface area contributed by atoms with Crippen molar-refractivity contribution in [1.29, 1.82) is 0 Å². The molecule has 1 aromatic heterocycles. The highest BCUT2D eigenvalue weighted by Gasteiger charge is 2.39. The molecule has 41 heavy (non-hydrogen) atoms. The first kappa shape index (κ1) is 28.2. The van der Waals surface area contributed by atoms with Crippen LogP contribution in [0, 0.1) is 17.7 Å². The van der Waals surface area contributed by atoms with Crippen LogP contribution in [0.15, 0.2) is 48.5 Å². The number of hydrogen-bond donors (Lipinski definition) is 2. The summed E-state index contributed by atoms with van der Waals surface area (Å²) in [5.41, 5.74) is 2.35. The van der Waals surface area contributed by atoms with Crippen LogP contribution in [0.2, 0.25) is 0 Å². The first-order valence-corrected chi connectivity index (χ1v) is 14.0. The molecule has 2 unspecified atom stereocenters. The van der Waals surface area contributed by atoms with Gasteiger partial charge >= 0.3 is 6.03 Å². The zero-order valence-electron chi connectivity index (χ0n) is 23.3. The fourth-order valence-electron chi connectivity index (χ4n) is 5.83. The van der Waals surface area contributed by atoms with Crippen LogP contribution < -0.4 is 10.6 Å². The molecule has 0 spiro atoms. The topological polar surface area (TPSA) is 125 Å². The van der Waals surface area contributed by atoms with Crippen LogP contribution >= 0.6 is 0 Å². The Balaban J connectivity index is 1.25. The van der Waals surface area contributed by atoms with Crippen molar-refractivity contribution in [3.05, 3.63) is 59.9 Å². The summed E-state index contributed by atoms with van der Waals surface area (Å²) >= 11 is 0. The van der Waals surface area contributed by atoms with Crippen molar-refractivity contribution in [2.75, 3.05) is 31.5 Å². The summed E-state index contributed by atoms with van der Waals surface area (Å²) in [5, 5.41) is 17.4. The van der Waals surface area contributed by atoms with Gasteiger partial charge in [0.1, 0.15) is 5.82 Å². The van der Waals surface area contributed by atoms with E-state index in [2.05, 4.69) is 26.2 Å². The number of anilines is 1. The van der Waals surface area contributed by atoms with Crippen LogP contribution in [0.5, 0.6) is 0 Å². The van der Waals surface area contributed by atoms with Crippen LogP contribution in [-0.2, 0) is 23.1 Å². The molecule has 2 saturated heterocycles. The second-order valence-electron chi connectivity index (χ2n) is 10.9. The fraction of sp³-hybridized carbons (Fsp3) is 0.448. The number of tetrazole rings is 1. The highest BCUT2D eigenvalue weighted by Crippen LogP contribution is 2.26. The molecule has 216 valence electrons. The van der Waals surface area contributed by atoms with E-state index < -0.39 is 18.0 Å². The van der Waals surface area contributed by atoms with E-state index in [0.29, 0.717) is 37.6 Å². The van der Waals surface area contributed by atoms with Crippen molar-refractivity contribution in [1.82, 2.24) is 35.3 Å². The van der Waals surface area contributed by atoms with Crippen LogP contribution in [0.4, 0.5) is 14.9 Å². The van der Waals surface area contributed by atoms with E-state index in [-0.39, 0.29) is 30.1 Å². The van der Waals surface area contributed by atoms with Crippen molar-refractivity contribution in [2.45, 2.75) is 38.6 Å². The average molecular weight is 563 g/mol. The quantitative estimate of drug-likeness (QED) is 0.476. The van der Waals surface area contributed by atoms with Crippen molar-refractivity contribution >= 4 is 23.5 Å². The van der Waals surface area contributed by atoms with Crippen molar-refractivity contribution in [3.8, 4) is 11.4 Å². The summed E-state index contributed by atoms with van der Waals surface area (Å²) in [7, 11) is 1.74. The number of amides is 4. The average Bonchev–Trinajstić information content (AvgIpc) is 3.40. The van der Waals surface area contributed by atoms with Crippen molar-refractivity contribution in [3.63, 3.8) is 0 Å². The largest absolute Gasteiger partial charge is 0.342 e. The molecule has 2 N–H and O–H groups in total. The summed E-state index contributed by atoms with van der Waals surface area (Å²) < 4.78 is 14.9. The molecule has 12 heteroatoms. The molecular weight excluding hydrogens is 527 g/mol. The lowest BCUT2D eigenvalue weighted by Crippen LogP contribution is -2.58. The Bertz CT molecular complexity index is 1390. The molecule has 2 aromatic carbocycles. The second-order valence-corrected chi connectivity index (χ2v) is 10.9. The molecule has 0 radical (unpaired) electrons. The maximum atomic E-state index is 13.9. The molecule has 4 amide bonds. The molecule has 3 aromatic rings. The molecule has 5 rings (SSSR count). The van der Waals surface area contributed by atoms with Crippen LogP contribution in [0.1, 0.15) is 31.7 Å². The molecule has 0 saturated carbocycles. The van der Waals surface area contributed by atoms with E-state index in [4.69, 9.17) is 0 Å². The standard InChI is InChI=1S/C29H35FN8O3/c1-19(39)37-14-12-26(32-29(41)31-24-7-3-6-22(16-24)27-33-34-35-36(27)2)25(18-37)28(40)38-13-4-5-21(17-38)15-20-8-10-23(30)11-9-20/h3,6-11,16,21,25-26H,4-5,12-15,17-18H2,1-2H3,(H2,31,32,41)/t21-,25?,26?/m1/s1. The number of aromatic nitrogens is 4. The van der Waals surface area contributed by atoms with Gasteiger partial charge in [-0.25, -0.2) is 13.9 Å². The molecule has 0 bridgehead atoms. The van der Waals surface area contributed by atoms with Gasteiger partial charge in [0.05, 0.1) is 5.92 Å². The zero-order valence-corrected chi connectivity index (χ0v) is 23.3. The van der Waals surface area contributed by atoms with E-state index >= 15 is 0 Å². The Morgan fingerprint density at radius 3 is 2.56 bits per heavy atom. The number of halogens is 1. The lowest BCUT2D eigenvalue weighted by Gasteiger charge is -2.41. The number of aryl methyl sites for hydroxylation is 1. The maximum Gasteiger partial charge on any atom is 0.319 e. The van der Waals surface area contributed by atoms with Crippen molar-refractivity contribution in [2.24, 2.45) is 18.9 Å². The summed E-state index contributed by atoms with van der Waals surface area (Å²) in [6.45, 7) is 3.45. The van der Waals surface area contributed by atoms with Crippen LogP contribution in [-0.4, -0.2) is 80.1 Å². The predicted molar refractivity (Wildman–Crippen MR) is 150 cm³/mol. The van der Waals surface area contributed by atoms with Gasteiger partial charge in [0.2, 0.25) is 11.8 Å². The van der Waals surface area contributed by atoms with E-state index in [9.17, 15) is 18.8 Å². The lowest BCUT2D eigenvalue weighted by molar-refractivity contribution is -0.142. The number of carbonyl (C=O) groups excluding carboxylic acids is 3. The number of nitrogens with zero attached hydrogens (tertiary/aromatic N) is 6. The zero-order chi connectivity index (χ0) is 28.9.